The lowest BCUT2D eigenvalue weighted by molar-refractivity contribution is 0.317. The minimum atomic E-state index is 0.109. The highest BCUT2D eigenvalue weighted by Crippen LogP contribution is 2.23. The fourth-order valence-corrected chi connectivity index (χ4v) is 1.58. The SMILES string of the molecule is N/C(CNCc1c(Cl)cccc1Cl)=N\O. The summed E-state index contributed by atoms with van der Waals surface area (Å²) in [7, 11) is 0. The van der Waals surface area contributed by atoms with Gasteiger partial charge in [0.2, 0.25) is 0 Å². The lowest BCUT2D eigenvalue weighted by Crippen LogP contribution is -2.28. The van der Waals surface area contributed by atoms with Gasteiger partial charge in [0, 0.05) is 22.2 Å². The Labute approximate surface area is 97.7 Å². The highest BCUT2D eigenvalue weighted by atomic mass is 35.5. The number of nitrogens with one attached hydrogen (secondary N) is 1. The van der Waals surface area contributed by atoms with Gasteiger partial charge in [-0.15, -0.1) is 0 Å². The lowest BCUT2D eigenvalue weighted by Gasteiger charge is -2.07. The zero-order valence-corrected chi connectivity index (χ0v) is 9.39. The van der Waals surface area contributed by atoms with Gasteiger partial charge in [0.1, 0.15) is 0 Å². The Balaban J connectivity index is 2.58. The molecule has 4 N–H and O–H groups in total. The summed E-state index contributed by atoms with van der Waals surface area (Å²) >= 11 is 11.9. The molecule has 0 bridgehead atoms. The quantitative estimate of drug-likeness (QED) is 0.329. The fraction of sp³-hybridized carbons (Fsp3) is 0.222. The van der Waals surface area contributed by atoms with Crippen LogP contribution in [0.2, 0.25) is 10.0 Å². The van der Waals surface area contributed by atoms with E-state index in [2.05, 4.69) is 10.5 Å². The van der Waals surface area contributed by atoms with E-state index in [1.165, 1.54) is 0 Å². The number of hydrogen-bond donors (Lipinski definition) is 3. The van der Waals surface area contributed by atoms with Gasteiger partial charge in [-0.1, -0.05) is 34.4 Å². The predicted octanol–water partition coefficient (Wildman–Crippen LogP) is 1.83. The zero-order chi connectivity index (χ0) is 11.3. The van der Waals surface area contributed by atoms with E-state index in [0.717, 1.165) is 5.56 Å². The van der Waals surface area contributed by atoms with E-state index in [1.54, 1.807) is 18.2 Å². The normalized spacial score (nSPS) is 11.7. The second-order valence-corrected chi connectivity index (χ2v) is 3.71. The molecule has 0 unspecified atom stereocenters. The summed E-state index contributed by atoms with van der Waals surface area (Å²) in [5.74, 6) is 0.109. The number of halogens is 2. The van der Waals surface area contributed by atoms with Gasteiger partial charge in [-0.3, -0.25) is 0 Å². The molecule has 1 rings (SSSR count). The first-order valence-corrected chi connectivity index (χ1v) is 5.00. The van der Waals surface area contributed by atoms with Crippen molar-refractivity contribution < 1.29 is 5.21 Å². The van der Waals surface area contributed by atoms with Gasteiger partial charge in [0.05, 0.1) is 6.54 Å². The molecule has 0 fully saturated rings. The number of rotatable bonds is 4. The topological polar surface area (TPSA) is 70.6 Å². The van der Waals surface area contributed by atoms with Gasteiger partial charge in [0.25, 0.3) is 0 Å². The Hall–Kier alpha value is -0.970. The second kappa shape index (κ2) is 5.80. The maximum absolute atomic E-state index is 8.31. The van der Waals surface area contributed by atoms with Crippen molar-refractivity contribution in [1.82, 2.24) is 5.32 Å². The Bertz CT molecular complexity index is 348. The molecular weight excluding hydrogens is 237 g/mol. The summed E-state index contributed by atoms with van der Waals surface area (Å²) in [6.07, 6.45) is 0. The maximum Gasteiger partial charge on any atom is 0.153 e. The van der Waals surface area contributed by atoms with Gasteiger partial charge >= 0.3 is 0 Å². The monoisotopic (exact) mass is 247 g/mol. The summed E-state index contributed by atoms with van der Waals surface area (Å²) in [5, 5.41) is 15.3. The summed E-state index contributed by atoms with van der Waals surface area (Å²) in [6.45, 7) is 0.743. The fourth-order valence-electron chi connectivity index (χ4n) is 1.05. The Morgan fingerprint density at radius 2 is 2.00 bits per heavy atom. The molecule has 0 aromatic heterocycles. The summed E-state index contributed by atoms with van der Waals surface area (Å²) in [4.78, 5) is 0. The van der Waals surface area contributed by atoms with Crippen molar-refractivity contribution in [3.05, 3.63) is 33.8 Å². The first-order valence-electron chi connectivity index (χ1n) is 4.25. The molecule has 0 heterocycles. The molecule has 15 heavy (non-hydrogen) atoms. The summed E-state index contributed by atoms with van der Waals surface area (Å²) in [5.41, 5.74) is 6.08. The van der Waals surface area contributed by atoms with Crippen LogP contribution in [0.25, 0.3) is 0 Å². The third-order valence-electron chi connectivity index (χ3n) is 1.80. The summed E-state index contributed by atoms with van der Waals surface area (Å²) < 4.78 is 0. The van der Waals surface area contributed by atoms with Crippen LogP contribution >= 0.6 is 23.2 Å². The van der Waals surface area contributed by atoms with Crippen LogP contribution in [0.4, 0.5) is 0 Å². The number of benzene rings is 1. The molecule has 0 aliphatic carbocycles. The van der Waals surface area contributed by atoms with Crippen molar-refractivity contribution in [3.63, 3.8) is 0 Å². The van der Waals surface area contributed by atoms with Crippen LogP contribution in [0.15, 0.2) is 23.4 Å². The van der Waals surface area contributed by atoms with Crippen LogP contribution in [0.5, 0.6) is 0 Å². The number of oxime groups is 1. The highest BCUT2D eigenvalue weighted by molar-refractivity contribution is 6.35. The van der Waals surface area contributed by atoms with Crippen LogP contribution < -0.4 is 11.1 Å². The van der Waals surface area contributed by atoms with Crippen LogP contribution in [-0.2, 0) is 6.54 Å². The van der Waals surface area contributed by atoms with Crippen molar-refractivity contribution in [1.29, 1.82) is 0 Å². The Morgan fingerprint density at radius 3 is 2.53 bits per heavy atom. The van der Waals surface area contributed by atoms with Crippen LogP contribution in [0, 0.1) is 0 Å². The van der Waals surface area contributed by atoms with E-state index < -0.39 is 0 Å². The molecule has 82 valence electrons. The Morgan fingerprint density at radius 1 is 1.40 bits per heavy atom. The van der Waals surface area contributed by atoms with Crippen LogP contribution in [0.1, 0.15) is 5.56 Å². The van der Waals surface area contributed by atoms with E-state index in [0.29, 0.717) is 16.6 Å². The number of amidine groups is 1. The standard InChI is InChI=1S/C9H11Cl2N3O/c10-7-2-1-3-8(11)6(7)4-13-5-9(12)14-15/h1-3,13,15H,4-5H2,(H2,12,14). The first-order chi connectivity index (χ1) is 7.15. The molecule has 0 amide bonds. The van der Waals surface area contributed by atoms with Gasteiger partial charge < -0.3 is 16.3 Å². The molecule has 0 spiro atoms. The average molecular weight is 248 g/mol. The molecule has 1 aromatic rings. The smallest absolute Gasteiger partial charge is 0.153 e. The van der Waals surface area contributed by atoms with Gasteiger partial charge in [-0.25, -0.2) is 0 Å². The van der Waals surface area contributed by atoms with E-state index in [9.17, 15) is 0 Å². The Kier molecular flexibility index (Phi) is 4.68. The van der Waals surface area contributed by atoms with E-state index in [4.69, 9.17) is 34.1 Å². The minimum Gasteiger partial charge on any atom is -0.409 e. The molecule has 0 aliphatic heterocycles. The molecular formula is C9H11Cl2N3O. The molecule has 6 heteroatoms. The molecule has 0 saturated carbocycles. The number of nitrogens with two attached hydrogens (primary N) is 1. The zero-order valence-electron chi connectivity index (χ0n) is 7.87. The number of nitrogens with zero attached hydrogens (tertiary/aromatic N) is 1. The molecule has 0 atom stereocenters. The van der Waals surface area contributed by atoms with Crippen molar-refractivity contribution in [2.75, 3.05) is 6.54 Å². The highest BCUT2D eigenvalue weighted by Gasteiger charge is 2.04. The van der Waals surface area contributed by atoms with Gasteiger partial charge in [0.15, 0.2) is 5.84 Å². The third-order valence-corrected chi connectivity index (χ3v) is 2.51. The molecule has 0 saturated heterocycles. The largest absolute Gasteiger partial charge is 0.409 e. The van der Waals surface area contributed by atoms with Crippen LogP contribution in [-0.4, -0.2) is 17.6 Å². The average Bonchev–Trinajstić information content (AvgIpc) is 2.22. The first kappa shape index (κ1) is 12.1. The molecule has 1 aromatic carbocycles. The van der Waals surface area contributed by atoms with E-state index in [1.807, 2.05) is 0 Å². The van der Waals surface area contributed by atoms with E-state index in [-0.39, 0.29) is 12.4 Å². The molecule has 0 radical (unpaired) electrons. The van der Waals surface area contributed by atoms with Gasteiger partial charge in [-0.05, 0) is 12.1 Å². The molecule has 0 aliphatic rings. The van der Waals surface area contributed by atoms with Crippen molar-refractivity contribution >= 4 is 29.0 Å². The number of hydrogen-bond acceptors (Lipinski definition) is 3. The van der Waals surface area contributed by atoms with Crippen molar-refractivity contribution in [2.24, 2.45) is 10.9 Å². The third kappa shape index (κ3) is 3.58. The minimum absolute atomic E-state index is 0.109. The maximum atomic E-state index is 8.31. The van der Waals surface area contributed by atoms with E-state index >= 15 is 0 Å². The van der Waals surface area contributed by atoms with Gasteiger partial charge in [-0.2, -0.15) is 0 Å². The summed E-state index contributed by atoms with van der Waals surface area (Å²) in [6, 6.07) is 5.29. The second-order valence-electron chi connectivity index (χ2n) is 2.90. The van der Waals surface area contributed by atoms with Crippen LogP contribution in [0.3, 0.4) is 0 Å². The van der Waals surface area contributed by atoms with Crippen molar-refractivity contribution in [2.45, 2.75) is 6.54 Å². The lowest BCUT2D eigenvalue weighted by atomic mass is 10.2. The predicted molar refractivity (Wildman–Crippen MR) is 61.6 cm³/mol. The van der Waals surface area contributed by atoms with Crippen molar-refractivity contribution in [3.8, 4) is 0 Å². The molecule has 4 nitrogen and oxygen atoms in total.